The highest BCUT2D eigenvalue weighted by Gasteiger charge is 2.57. The summed E-state index contributed by atoms with van der Waals surface area (Å²) >= 11 is 19.7. The van der Waals surface area contributed by atoms with Crippen LogP contribution in [0.15, 0.2) is 89.4 Å². The number of hydrogen-bond donors (Lipinski definition) is 0. The Bertz CT molecular complexity index is 1710. The summed E-state index contributed by atoms with van der Waals surface area (Å²) in [6.45, 7) is 14.0. The third-order valence-corrected chi connectivity index (χ3v) is 13.4. The number of nitrogens with zero attached hydrogens (tertiary/aromatic N) is 1. The molecule has 4 aromatic carbocycles. The summed E-state index contributed by atoms with van der Waals surface area (Å²) in [5, 5.41) is 1.60. The lowest BCUT2D eigenvalue weighted by Gasteiger charge is -2.50. The molecule has 262 valence electrons. The molecular formula is C43H50BrCl2I2N. The van der Waals surface area contributed by atoms with E-state index in [1.807, 2.05) is 31.2 Å². The van der Waals surface area contributed by atoms with Gasteiger partial charge < -0.3 is 4.90 Å². The SMILES string of the molecule is CC12CCCCC1(C)c1ccccc1C2.Cc1cc(Cl)cc(Br)c1.Cc1cc(Cl)cc(N2c3ccccc3C3(C)CCCCC23C)c1.II. The molecule has 6 heteroatoms. The zero-order valence-electron chi connectivity index (χ0n) is 29.8. The van der Waals surface area contributed by atoms with E-state index in [2.05, 4.69) is 153 Å². The minimum atomic E-state index is 0.117. The zero-order chi connectivity index (χ0) is 35.6. The number of rotatable bonds is 1. The molecule has 4 aliphatic rings. The lowest BCUT2D eigenvalue weighted by molar-refractivity contribution is 0.110. The van der Waals surface area contributed by atoms with E-state index in [9.17, 15) is 0 Å². The summed E-state index contributed by atoms with van der Waals surface area (Å²) in [5.41, 5.74) is 11.1. The van der Waals surface area contributed by atoms with Crippen LogP contribution < -0.4 is 4.90 Å². The topological polar surface area (TPSA) is 3.24 Å². The van der Waals surface area contributed by atoms with Gasteiger partial charge in [-0.1, -0.05) is 128 Å². The van der Waals surface area contributed by atoms with Crippen molar-refractivity contribution in [3.63, 3.8) is 0 Å². The predicted molar refractivity (Wildman–Crippen MR) is 235 cm³/mol. The van der Waals surface area contributed by atoms with Crippen LogP contribution in [0, 0.1) is 19.3 Å². The fourth-order valence-corrected chi connectivity index (χ4v) is 10.9. The Hall–Kier alpha value is -0.800. The Labute approximate surface area is 337 Å². The van der Waals surface area contributed by atoms with Crippen LogP contribution in [0.25, 0.3) is 0 Å². The number of halogens is 5. The quantitative estimate of drug-likeness (QED) is 0.172. The van der Waals surface area contributed by atoms with Gasteiger partial charge in [-0.05, 0) is 134 Å². The van der Waals surface area contributed by atoms with E-state index in [-0.39, 0.29) is 11.0 Å². The van der Waals surface area contributed by atoms with Crippen molar-refractivity contribution < 1.29 is 0 Å². The maximum atomic E-state index is 6.38. The van der Waals surface area contributed by atoms with Gasteiger partial charge in [0.15, 0.2) is 0 Å². The number of hydrogen-bond acceptors (Lipinski definition) is 1. The standard InChI is InChI=1S/C21H24ClN.C15H20.C7H6BrCl.I2/c1-15-12-16(22)14-17(13-15)23-19-9-5-4-8-18(19)20(2)10-6-7-11-21(20,23)3;1-14-9-5-6-10-15(14,2)13-8-4-3-7-12(13)11-14;1-5-2-6(8)4-7(9)3-5;1-2/h4-5,8-9,12-14H,6-7,10-11H2,1-3H3;3-4,7-8H,5-6,9-11H2,1-2H3;2-4H,1H3;. The van der Waals surface area contributed by atoms with Crippen molar-refractivity contribution >= 4 is 87.7 Å². The van der Waals surface area contributed by atoms with Gasteiger partial charge in [-0.25, -0.2) is 0 Å². The molecule has 4 aromatic rings. The van der Waals surface area contributed by atoms with Crippen LogP contribution in [0.5, 0.6) is 0 Å². The summed E-state index contributed by atoms with van der Waals surface area (Å²) in [6.07, 6.45) is 12.1. The molecule has 8 rings (SSSR count). The molecule has 2 saturated carbocycles. The van der Waals surface area contributed by atoms with Crippen LogP contribution in [-0.2, 0) is 17.3 Å². The second kappa shape index (κ2) is 16.1. The molecule has 0 bridgehead atoms. The maximum Gasteiger partial charge on any atom is 0.0517 e. The summed E-state index contributed by atoms with van der Waals surface area (Å²) in [5.74, 6) is 0. The van der Waals surface area contributed by atoms with Gasteiger partial charge in [0.25, 0.3) is 0 Å². The number of benzene rings is 4. The van der Waals surface area contributed by atoms with E-state index in [0.717, 1.165) is 14.5 Å². The molecule has 0 spiro atoms. The van der Waals surface area contributed by atoms with Crippen molar-refractivity contribution in [1.29, 1.82) is 0 Å². The van der Waals surface area contributed by atoms with Gasteiger partial charge >= 0.3 is 0 Å². The first-order chi connectivity index (χ1) is 23.3. The van der Waals surface area contributed by atoms with Crippen LogP contribution in [0.1, 0.15) is 107 Å². The molecule has 0 N–H and O–H groups in total. The highest BCUT2D eigenvalue weighted by Crippen LogP contribution is 2.61. The first kappa shape index (κ1) is 39.4. The van der Waals surface area contributed by atoms with Crippen LogP contribution in [-0.4, -0.2) is 5.54 Å². The van der Waals surface area contributed by atoms with Gasteiger partial charge in [0, 0.05) is 68.5 Å². The molecule has 2 fully saturated rings. The van der Waals surface area contributed by atoms with Gasteiger partial charge in [0.05, 0.1) is 5.54 Å². The Morgan fingerprint density at radius 3 is 1.84 bits per heavy atom. The molecule has 1 heterocycles. The van der Waals surface area contributed by atoms with E-state index in [0.29, 0.717) is 10.8 Å². The van der Waals surface area contributed by atoms with Gasteiger partial charge in [-0.2, -0.15) is 0 Å². The molecule has 1 nitrogen and oxygen atoms in total. The van der Waals surface area contributed by atoms with Crippen LogP contribution in [0.3, 0.4) is 0 Å². The monoisotopic (exact) mass is 983 g/mol. The minimum absolute atomic E-state index is 0.117. The van der Waals surface area contributed by atoms with Crippen molar-refractivity contribution in [2.24, 2.45) is 5.41 Å². The molecule has 49 heavy (non-hydrogen) atoms. The average Bonchev–Trinajstić information content (AvgIpc) is 3.42. The maximum absolute atomic E-state index is 6.38. The molecule has 0 aromatic heterocycles. The van der Waals surface area contributed by atoms with Crippen LogP contribution in [0.2, 0.25) is 10.0 Å². The van der Waals surface area contributed by atoms with Gasteiger partial charge in [0.1, 0.15) is 0 Å². The Morgan fingerprint density at radius 2 is 1.18 bits per heavy atom. The van der Waals surface area contributed by atoms with Gasteiger partial charge in [-0.3, -0.25) is 0 Å². The van der Waals surface area contributed by atoms with Crippen molar-refractivity contribution in [2.45, 2.75) is 116 Å². The Kier molecular flexibility index (Phi) is 12.9. The first-order valence-corrected chi connectivity index (χ1v) is 25.5. The van der Waals surface area contributed by atoms with Crippen molar-refractivity contribution in [1.82, 2.24) is 0 Å². The van der Waals surface area contributed by atoms with Crippen molar-refractivity contribution in [2.75, 3.05) is 4.90 Å². The molecular weight excluding hydrogens is 935 g/mol. The summed E-state index contributed by atoms with van der Waals surface area (Å²) in [6, 6.07) is 30.3. The number of anilines is 2. The summed E-state index contributed by atoms with van der Waals surface area (Å²) < 4.78 is 1.03. The molecule has 0 saturated heterocycles. The average molecular weight is 985 g/mol. The highest BCUT2D eigenvalue weighted by atomic mass is 128. The third kappa shape index (κ3) is 7.66. The normalized spacial score (nSPS) is 27.4. The first-order valence-electron chi connectivity index (χ1n) is 17.6. The lowest BCUT2D eigenvalue weighted by Crippen LogP contribution is -2.54. The highest BCUT2D eigenvalue weighted by molar-refractivity contribution is 15.0. The molecule has 0 amide bonds. The smallest absolute Gasteiger partial charge is 0.0517 e. The fraction of sp³-hybridized carbons (Fsp3) is 0.442. The van der Waals surface area contributed by atoms with E-state index >= 15 is 0 Å². The van der Waals surface area contributed by atoms with Crippen molar-refractivity contribution in [3.8, 4) is 0 Å². The number of para-hydroxylation sites is 1. The van der Waals surface area contributed by atoms with Crippen LogP contribution >= 0.6 is 76.4 Å². The second-order valence-corrected chi connectivity index (χ2v) is 17.3. The summed E-state index contributed by atoms with van der Waals surface area (Å²) in [7, 11) is 0. The van der Waals surface area contributed by atoms with Crippen LogP contribution in [0.4, 0.5) is 11.4 Å². The summed E-state index contributed by atoms with van der Waals surface area (Å²) in [4.78, 5) is 2.57. The predicted octanol–water partition coefficient (Wildman–Crippen LogP) is 15.7. The second-order valence-electron chi connectivity index (χ2n) is 15.5. The van der Waals surface area contributed by atoms with Crippen molar-refractivity contribution in [3.05, 3.63) is 127 Å². The van der Waals surface area contributed by atoms with E-state index in [1.54, 1.807) is 11.1 Å². The van der Waals surface area contributed by atoms with E-state index in [1.165, 1.54) is 85.9 Å². The zero-order valence-corrected chi connectivity index (χ0v) is 37.2. The molecule has 3 aliphatic carbocycles. The lowest BCUT2D eigenvalue weighted by atomic mass is 9.58. The largest absolute Gasteiger partial charge is 0.334 e. The molecule has 1 aliphatic heterocycles. The number of fused-ring (bicyclic) bond motifs is 6. The minimum Gasteiger partial charge on any atom is -0.334 e. The van der Waals surface area contributed by atoms with E-state index in [4.69, 9.17) is 23.2 Å². The Balaban J connectivity index is 0.000000154. The number of aryl methyl sites for hydroxylation is 2. The van der Waals surface area contributed by atoms with E-state index < -0.39 is 0 Å². The third-order valence-electron chi connectivity index (χ3n) is 12.5. The van der Waals surface area contributed by atoms with Gasteiger partial charge in [-0.15, -0.1) is 0 Å². The molecule has 0 radical (unpaired) electrons. The molecule has 4 atom stereocenters. The molecule has 4 unspecified atom stereocenters. The fourth-order valence-electron chi connectivity index (χ4n) is 9.59. The Morgan fingerprint density at radius 1 is 0.633 bits per heavy atom. The van der Waals surface area contributed by atoms with Gasteiger partial charge in [0.2, 0.25) is 0 Å².